The van der Waals surface area contributed by atoms with Crippen molar-refractivity contribution in [1.29, 1.82) is 0 Å². The number of hydrogen-bond acceptors (Lipinski definition) is 8. The first kappa shape index (κ1) is 18.0. The van der Waals surface area contributed by atoms with Gasteiger partial charge in [0.05, 0.1) is 21.3 Å². The molecule has 25 heavy (non-hydrogen) atoms. The summed E-state index contributed by atoms with van der Waals surface area (Å²) in [7, 11) is 4.16. The number of nitrogens with one attached hydrogen (secondary N) is 1. The van der Waals surface area contributed by atoms with Crippen LogP contribution in [0.2, 0.25) is 0 Å². The van der Waals surface area contributed by atoms with Crippen LogP contribution in [0.15, 0.2) is 24.3 Å². The predicted molar refractivity (Wildman–Crippen MR) is 87.3 cm³/mol. The van der Waals surface area contributed by atoms with Crippen LogP contribution < -0.4 is 19.5 Å². The molecule has 2 aromatic heterocycles. The van der Waals surface area contributed by atoms with Crippen LogP contribution >= 0.6 is 0 Å². The fraction of sp³-hybridized carbons (Fsp3) is 0.250. The third-order valence-electron chi connectivity index (χ3n) is 2.95. The standard InChI is InChI=1S/C16H17N3O6/c1-9(20)17-12-6-5-11(15(18-12)16(21)24-4)25-14-8-10(22-2)7-13(19-14)23-3/h5-8H,1-4H3,(H,17,18,20). The molecule has 0 unspecified atom stereocenters. The molecular weight excluding hydrogens is 330 g/mol. The zero-order valence-electron chi connectivity index (χ0n) is 14.2. The minimum atomic E-state index is -0.725. The van der Waals surface area contributed by atoms with Gasteiger partial charge in [0, 0.05) is 19.1 Å². The van der Waals surface area contributed by atoms with E-state index in [4.69, 9.17) is 18.9 Å². The number of rotatable bonds is 6. The van der Waals surface area contributed by atoms with Crippen molar-refractivity contribution in [2.75, 3.05) is 26.6 Å². The van der Waals surface area contributed by atoms with E-state index in [-0.39, 0.29) is 34.9 Å². The molecule has 2 heterocycles. The Kier molecular flexibility index (Phi) is 5.72. The molecule has 9 nitrogen and oxygen atoms in total. The van der Waals surface area contributed by atoms with Gasteiger partial charge in [-0.15, -0.1) is 0 Å². The topological polar surface area (TPSA) is 109 Å². The number of hydrogen-bond donors (Lipinski definition) is 1. The van der Waals surface area contributed by atoms with E-state index in [0.717, 1.165) is 0 Å². The van der Waals surface area contributed by atoms with E-state index in [2.05, 4.69) is 15.3 Å². The highest BCUT2D eigenvalue weighted by Crippen LogP contribution is 2.29. The lowest BCUT2D eigenvalue weighted by molar-refractivity contribution is -0.114. The second-order valence-corrected chi connectivity index (χ2v) is 4.71. The number of nitrogens with zero attached hydrogens (tertiary/aromatic N) is 2. The Balaban J connectivity index is 2.41. The molecule has 0 fully saturated rings. The van der Waals surface area contributed by atoms with Gasteiger partial charge in [0.1, 0.15) is 11.6 Å². The van der Waals surface area contributed by atoms with E-state index < -0.39 is 5.97 Å². The highest BCUT2D eigenvalue weighted by Gasteiger charge is 2.18. The lowest BCUT2D eigenvalue weighted by Gasteiger charge is -2.12. The molecule has 1 amide bonds. The summed E-state index contributed by atoms with van der Waals surface area (Å²) in [6.45, 7) is 1.33. The number of anilines is 1. The highest BCUT2D eigenvalue weighted by molar-refractivity contribution is 5.92. The maximum absolute atomic E-state index is 12.0. The summed E-state index contributed by atoms with van der Waals surface area (Å²) in [6, 6.07) is 6.05. The molecule has 0 bridgehead atoms. The fourth-order valence-corrected chi connectivity index (χ4v) is 1.87. The normalized spacial score (nSPS) is 9.92. The lowest BCUT2D eigenvalue weighted by Crippen LogP contribution is -2.12. The highest BCUT2D eigenvalue weighted by atomic mass is 16.5. The van der Waals surface area contributed by atoms with Crippen LogP contribution in [-0.2, 0) is 9.53 Å². The molecule has 2 rings (SSSR count). The Morgan fingerprint density at radius 2 is 1.72 bits per heavy atom. The maximum Gasteiger partial charge on any atom is 0.360 e. The van der Waals surface area contributed by atoms with Gasteiger partial charge in [-0.2, -0.15) is 4.98 Å². The molecule has 0 atom stereocenters. The molecule has 132 valence electrons. The Labute approximate surface area is 143 Å². The largest absolute Gasteiger partial charge is 0.496 e. The molecular formula is C16H17N3O6. The van der Waals surface area contributed by atoms with Crippen LogP contribution in [0.5, 0.6) is 23.3 Å². The SMILES string of the molecule is COC(=O)c1nc(NC(C)=O)ccc1Oc1cc(OC)cc(OC)n1. The molecule has 0 saturated heterocycles. The fourth-order valence-electron chi connectivity index (χ4n) is 1.87. The van der Waals surface area contributed by atoms with Gasteiger partial charge < -0.3 is 24.3 Å². The number of esters is 1. The minimum absolute atomic E-state index is 0.101. The van der Waals surface area contributed by atoms with E-state index in [1.807, 2.05) is 0 Å². The predicted octanol–water partition coefficient (Wildman–Crippen LogP) is 2.03. The first-order valence-corrected chi connectivity index (χ1v) is 7.11. The summed E-state index contributed by atoms with van der Waals surface area (Å²) in [6.07, 6.45) is 0. The van der Waals surface area contributed by atoms with Crippen molar-refractivity contribution in [3.8, 4) is 23.3 Å². The molecule has 1 N–H and O–H groups in total. The number of ether oxygens (including phenoxy) is 4. The zero-order valence-corrected chi connectivity index (χ0v) is 14.2. The second-order valence-electron chi connectivity index (χ2n) is 4.71. The Morgan fingerprint density at radius 1 is 1.00 bits per heavy atom. The van der Waals surface area contributed by atoms with Gasteiger partial charge in [0.15, 0.2) is 11.4 Å². The van der Waals surface area contributed by atoms with Crippen molar-refractivity contribution in [3.63, 3.8) is 0 Å². The maximum atomic E-state index is 12.0. The van der Waals surface area contributed by atoms with Crippen LogP contribution in [0, 0.1) is 0 Å². The van der Waals surface area contributed by atoms with Crippen LogP contribution in [0.1, 0.15) is 17.4 Å². The van der Waals surface area contributed by atoms with E-state index in [1.54, 1.807) is 6.07 Å². The van der Waals surface area contributed by atoms with Crippen LogP contribution in [0.25, 0.3) is 0 Å². The van der Waals surface area contributed by atoms with E-state index >= 15 is 0 Å². The third-order valence-corrected chi connectivity index (χ3v) is 2.95. The molecule has 9 heteroatoms. The quantitative estimate of drug-likeness (QED) is 0.791. The lowest BCUT2D eigenvalue weighted by atomic mass is 10.3. The van der Waals surface area contributed by atoms with Crippen molar-refractivity contribution in [2.45, 2.75) is 6.92 Å². The summed E-state index contributed by atoms with van der Waals surface area (Å²) in [4.78, 5) is 31.3. The molecule has 0 radical (unpaired) electrons. The monoisotopic (exact) mass is 347 g/mol. The molecule has 0 aromatic carbocycles. The number of methoxy groups -OCH3 is 3. The average molecular weight is 347 g/mol. The zero-order chi connectivity index (χ0) is 18.4. The van der Waals surface area contributed by atoms with Crippen LogP contribution in [0.3, 0.4) is 0 Å². The van der Waals surface area contributed by atoms with E-state index in [9.17, 15) is 9.59 Å². The molecule has 2 aromatic rings. The van der Waals surface area contributed by atoms with E-state index in [0.29, 0.717) is 5.75 Å². The molecule has 0 saturated carbocycles. The Bertz CT molecular complexity index is 771. The van der Waals surface area contributed by atoms with Gasteiger partial charge in [-0.25, -0.2) is 9.78 Å². The molecule has 0 aliphatic carbocycles. The van der Waals surface area contributed by atoms with Gasteiger partial charge >= 0.3 is 5.97 Å². The van der Waals surface area contributed by atoms with Gasteiger partial charge in [-0.1, -0.05) is 0 Å². The molecule has 0 aliphatic heterocycles. The van der Waals surface area contributed by atoms with Gasteiger partial charge in [0.2, 0.25) is 17.7 Å². The Hall–Kier alpha value is -3.36. The Morgan fingerprint density at radius 3 is 2.32 bits per heavy atom. The van der Waals surface area contributed by atoms with Crippen LogP contribution in [-0.4, -0.2) is 43.2 Å². The number of pyridine rings is 2. The van der Waals surface area contributed by atoms with Crippen molar-refractivity contribution < 1.29 is 28.5 Å². The first-order chi connectivity index (χ1) is 12.0. The summed E-state index contributed by atoms with van der Waals surface area (Å²) in [5.41, 5.74) is -0.114. The van der Waals surface area contributed by atoms with Gasteiger partial charge in [-0.3, -0.25) is 4.79 Å². The average Bonchev–Trinajstić information content (AvgIpc) is 2.61. The third kappa shape index (κ3) is 4.56. The summed E-state index contributed by atoms with van der Waals surface area (Å²) < 4.78 is 20.5. The minimum Gasteiger partial charge on any atom is -0.496 e. The number of aromatic nitrogens is 2. The van der Waals surface area contributed by atoms with Gasteiger partial charge in [-0.05, 0) is 12.1 Å². The van der Waals surface area contributed by atoms with Crippen molar-refractivity contribution in [2.24, 2.45) is 0 Å². The van der Waals surface area contributed by atoms with E-state index in [1.165, 1.54) is 46.5 Å². The van der Waals surface area contributed by atoms with Gasteiger partial charge in [0.25, 0.3) is 0 Å². The number of carbonyl (C=O) groups is 2. The van der Waals surface area contributed by atoms with Crippen molar-refractivity contribution in [1.82, 2.24) is 9.97 Å². The van der Waals surface area contributed by atoms with Crippen molar-refractivity contribution in [3.05, 3.63) is 30.0 Å². The molecule has 0 spiro atoms. The smallest absolute Gasteiger partial charge is 0.360 e. The summed E-state index contributed by atoms with van der Waals surface area (Å²) in [5, 5.41) is 2.48. The summed E-state index contributed by atoms with van der Waals surface area (Å²) >= 11 is 0. The second kappa shape index (κ2) is 7.95. The van der Waals surface area contributed by atoms with Crippen molar-refractivity contribution >= 4 is 17.7 Å². The summed E-state index contributed by atoms with van der Waals surface area (Å²) in [5.74, 6) is 0.116. The van der Waals surface area contributed by atoms with Crippen LogP contribution in [0.4, 0.5) is 5.82 Å². The first-order valence-electron chi connectivity index (χ1n) is 7.11. The number of carbonyl (C=O) groups excluding carboxylic acids is 2. The number of amides is 1. The molecule has 0 aliphatic rings.